The van der Waals surface area contributed by atoms with Gasteiger partial charge in [-0.25, -0.2) is 16.8 Å². The lowest BCUT2D eigenvalue weighted by molar-refractivity contribution is -0.132. The van der Waals surface area contributed by atoms with Crippen LogP contribution in [0, 0.1) is 19.8 Å². The van der Waals surface area contributed by atoms with E-state index in [1.165, 1.54) is 8.61 Å². The Morgan fingerprint density at radius 1 is 0.682 bits per heavy atom. The highest BCUT2D eigenvalue weighted by Gasteiger charge is 2.54. The van der Waals surface area contributed by atoms with Gasteiger partial charge in [0.05, 0.1) is 21.9 Å². The standard InChI is InChI=1S/C34H33ClN2O5S2/c1-23-12-16-26(17-13-23)43(39,40)36-22-29-33(20-32(36)28-10-6-7-11-30(28)35)37(44(41,42)27-18-14-24(2)15-19-27)31(21-34(29)38)25-8-4-3-5-9-25/h3-19,29,31-33H,20-22H2,1-2H3/t29-,31+,32+,33+/m1/s1. The van der Waals surface area contributed by atoms with Crippen molar-refractivity contribution in [1.82, 2.24) is 8.61 Å². The minimum Gasteiger partial charge on any atom is -0.299 e. The van der Waals surface area contributed by atoms with E-state index in [1.807, 2.05) is 44.2 Å². The van der Waals surface area contributed by atoms with Gasteiger partial charge in [0.15, 0.2) is 0 Å². The molecule has 2 fully saturated rings. The lowest BCUT2D eigenvalue weighted by atomic mass is 9.77. The Morgan fingerprint density at radius 3 is 1.82 bits per heavy atom. The molecule has 0 N–H and O–H groups in total. The Labute approximate surface area is 264 Å². The third-order valence-electron chi connectivity index (χ3n) is 8.77. The molecule has 44 heavy (non-hydrogen) atoms. The van der Waals surface area contributed by atoms with Gasteiger partial charge in [0, 0.05) is 29.9 Å². The maximum absolute atomic E-state index is 14.5. The molecule has 2 heterocycles. The molecular weight excluding hydrogens is 616 g/mol. The number of aryl methyl sites for hydroxylation is 2. The Balaban J connectivity index is 1.52. The van der Waals surface area contributed by atoms with Crippen LogP contribution in [0.15, 0.2) is 113 Å². The second-order valence-corrected chi connectivity index (χ2v) is 15.7. The van der Waals surface area contributed by atoms with Crippen LogP contribution in [0.4, 0.5) is 0 Å². The first-order valence-electron chi connectivity index (χ1n) is 14.5. The zero-order chi connectivity index (χ0) is 31.2. The fourth-order valence-corrected chi connectivity index (χ4v) is 10.2. The fraction of sp³-hybridized carbons (Fsp3) is 0.265. The predicted molar refractivity (Wildman–Crippen MR) is 170 cm³/mol. The van der Waals surface area contributed by atoms with Crippen molar-refractivity contribution < 1.29 is 21.6 Å². The number of carbonyl (C=O) groups is 1. The van der Waals surface area contributed by atoms with Gasteiger partial charge in [0.2, 0.25) is 20.0 Å². The molecule has 7 nitrogen and oxygen atoms in total. The van der Waals surface area contributed by atoms with Gasteiger partial charge >= 0.3 is 0 Å². The normalized spacial score (nSPS) is 23.3. The van der Waals surface area contributed by atoms with Crippen LogP contribution >= 0.6 is 11.6 Å². The van der Waals surface area contributed by atoms with Crippen molar-refractivity contribution in [3.63, 3.8) is 0 Å². The zero-order valence-corrected chi connectivity index (χ0v) is 26.8. The molecule has 0 unspecified atom stereocenters. The summed E-state index contributed by atoms with van der Waals surface area (Å²) in [7, 11) is -8.20. The van der Waals surface area contributed by atoms with E-state index in [0.717, 1.165) is 11.1 Å². The largest absolute Gasteiger partial charge is 0.299 e. The highest BCUT2D eigenvalue weighted by molar-refractivity contribution is 7.89. The fourth-order valence-electron chi connectivity index (χ4n) is 6.47. The molecule has 0 amide bonds. The summed E-state index contributed by atoms with van der Waals surface area (Å²) in [5.74, 6) is -1.03. The molecule has 6 rings (SSSR count). The first kappa shape index (κ1) is 30.7. The number of carbonyl (C=O) groups excluding carboxylic acids is 1. The monoisotopic (exact) mass is 648 g/mol. The summed E-state index contributed by atoms with van der Waals surface area (Å²) in [6, 6.07) is 27.1. The van der Waals surface area contributed by atoms with Crippen molar-refractivity contribution in [2.45, 2.75) is 54.6 Å². The average molecular weight is 649 g/mol. The predicted octanol–water partition coefficient (Wildman–Crippen LogP) is 6.48. The van der Waals surface area contributed by atoms with Gasteiger partial charge in [0.25, 0.3) is 0 Å². The van der Waals surface area contributed by atoms with E-state index < -0.39 is 44.1 Å². The smallest absolute Gasteiger partial charge is 0.243 e. The molecule has 0 aromatic heterocycles. The third kappa shape index (κ3) is 5.52. The van der Waals surface area contributed by atoms with Crippen LogP contribution in [-0.4, -0.2) is 43.8 Å². The zero-order valence-electron chi connectivity index (χ0n) is 24.4. The number of Topliss-reactive ketones (excluding diaryl/α,β-unsaturated/α-hetero) is 1. The minimum atomic E-state index is -4.12. The quantitative estimate of drug-likeness (QED) is 0.239. The minimum absolute atomic E-state index is 0.0552. The first-order chi connectivity index (χ1) is 21.0. The second kappa shape index (κ2) is 11.9. The lowest BCUT2D eigenvalue weighted by Gasteiger charge is -2.51. The number of piperidine rings is 2. The van der Waals surface area contributed by atoms with Crippen LogP contribution in [0.25, 0.3) is 0 Å². The number of nitrogens with zero attached hydrogens (tertiary/aromatic N) is 2. The number of rotatable bonds is 6. The van der Waals surface area contributed by atoms with Crippen LogP contribution in [0.5, 0.6) is 0 Å². The molecule has 2 saturated heterocycles. The molecule has 10 heteroatoms. The first-order valence-corrected chi connectivity index (χ1v) is 17.7. The van der Waals surface area contributed by atoms with Crippen molar-refractivity contribution in [3.8, 4) is 0 Å². The molecule has 0 aliphatic carbocycles. The van der Waals surface area contributed by atoms with Crippen molar-refractivity contribution in [3.05, 3.63) is 130 Å². The van der Waals surface area contributed by atoms with Gasteiger partial charge < -0.3 is 0 Å². The molecule has 4 aromatic carbocycles. The molecule has 2 aliphatic heterocycles. The SMILES string of the molecule is Cc1ccc(S(=O)(=O)N2C[C@H]3C(=O)C[C@@H](c4ccccc4)N(S(=O)(=O)c4ccc(C)cc4)[C@H]3C[C@H]2c2ccccc2Cl)cc1. The molecule has 4 aromatic rings. The van der Waals surface area contributed by atoms with Gasteiger partial charge in [-0.1, -0.05) is 95.5 Å². The van der Waals surface area contributed by atoms with Crippen LogP contribution < -0.4 is 0 Å². The van der Waals surface area contributed by atoms with Crippen molar-refractivity contribution in [1.29, 1.82) is 0 Å². The lowest BCUT2D eigenvalue weighted by Crippen LogP contribution is -2.60. The maximum Gasteiger partial charge on any atom is 0.243 e. The number of ketones is 1. The third-order valence-corrected chi connectivity index (χ3v) is 12.9. The maximum atomic E-state index is 14.5. The molecule has 228 valence electrons. The van der Waals surface area contributed by atoms with Crippen molar-refractivity contribution in [2.24, 2.45) is 5.92 Å². The van der Waals surface area contributed by atoms with Crippen LogP contribution in [-0.2, 0) is 24.8 Å². The summed E-state index contributed by atoms with van der Waals surface area (Å²) in [6.07, 6.45) is -0.00882. The van der Waals surface area contributed by atoms with E-state index in [2.05, 4.69) is 0 Å². The van der Waals surface area contributed by atoms with Crippen LogP contribution in [0.3, 0.4) is 0 Å². The number of halogens is 1. The summed E-state index contributed by atoms with van der Waals surface area (Å²) in [4.78, 5) is 14.2. The number of fused-ring (bicyclic) bond motifs is 1. The molecule has 0 radical (unpaired) electrons. The average Bonchev–Trinajstić information content (AvgIpc) is 3.01. The van der Waals surface area contributed by atoms with Crippen LogP contribution in [0.1, 0.15) is 47.2 Å². The molecule has 0 bridgehead atoms. The molecular formula is C34H33ClN2O5S2. The number of hydrogen-bond acceptors (Lipinski definition) is 5. The Bertz CT molecular complexity index is 1900. The summed E-state index contributed by atoms with van der Waals surface area (Å²) in [6.45, 7) is 3.59. The number of benzene rings is 4. The van der Waals surface area contributed by atoms with E-state index in [0.29, 0.717) is 16.1 Å². The summed E-state index contributed by atoms with van der Waals surface area (Å²) >= 11 is 6.68. The highest BCUT2D eigenvalue weighted by atomic mass is 35.5. The highest BCUT2D eigenvalue weighted by Crippen LogP contribution is 2.48. The van der Waals surface area contributed by atoms with Crippen LogP contribution in [0.2, 0.25) is 5.02 Å². The summed E-state index contributed by atoms with van der Waals surface area (Å²) in [5, 5.41) is 0.370. The Kier molecular flexibility index (Phi) is 8.28. The molecule has 4 atom stereocenters. The van der Waals surface area contributed by atoms with Gasteiger partial charge in [0.1, 0.15) is 5.78 Å². The molecule has 2 aliphatic rings. The topological polar surface area (TPSA) is 91.8 Å². The van der Waals surface area contributed by atoms with Gasteiger partial charge in [-0.3, -0.25) is 4.79 Å². The Hall–Kier alpha value is -3.34. The summed E-state index contributed by atoms with van der Waals surface area (Å²) in [5.41, 5.74) is 3.10. The van der Waals surface area contributed by atoms with E-state index in [-0.39, 0.29) is 35.0 Å². The molecule has 0 spiro atoms. The van der Waals surface area contributed by atoms with Gasteiger partial charge in [-0.05, 0) is 61.7 Å². The van der Waals surface area contributed by atoms with E-state index in [9.17, 15) is 21.6 Å². The summed E-state index contributed by atoms with van der Waals surface area (Å²) < 4.78 is 60.4. The van der Waals surface area contributed by atoms with Gasteiger partial charge in [-0.15, -0.1) is 0 Å². The van der Waals surface area contributed by atoms with E-state index >= 15 is 0 Å². The Morgan fingerprint density at radius 2 is 1.23 bits per heavy atom. The second-order valence-electron chi connectivity index (χ2n) is 11.6. The van der Waals surface area contributed by atoms with E-state index in [1.54, 1.807) is 72.8 Å². The number of hydrogen-bond donors (Lipinski definition) is 0. The van der Waals surface area contributed by atoms with Crippen molar-refractivity contribution >= 4 is 37.4 Å². The van der Waals surface area contributed by atoms with E-state index in [4.69, 9.17) is 11.6 Å². The van der Waals surface area contributed by atoms with Crippen molar-refractivity contribution in [2.75, 3.05) is 6.54 Å². The number of sulfonamides is 2. The molecule has 0 saturated carbocycles. The van der Waals surface area contributed by atoms with Gasteiger partial charge in [-0.2, -0.15) is 8.61 Å².